The summed E-state index contributed by atoms with van der Waals surface area (Å²) in [5.41, 5.74) is 7.39. The number of likely N-dealkylation sites (tertiary alicyclic amines) is 1. The summed E-state index contributed by atoms with van der Waals surface area (Å²) in [5.74, 6) is 0.619. The van der Waals surface area contributed by atoms with Gasteiger partial charge in [-0.25, -0.2) is 0 Å². The van der Waals surface area contributed by atoms with Gasteiger partial charge in [-0.1, -0.05) is 17.7 Å². The highest BCUT2D eigenvalue weighted by molar-refractivity contribution is 6.33. The van der Waals surface area contributed by atoms with Gasteiger partial charge in [0.15, 0.2) is 0 Å². The summed E-state index contributed by atoms with van der Waals surface area (Å²) in [6.45, 7) is 5.07. The highest BCUT2D eigenvalue weighted by atomic mass is 35.5. The number of amides is 1. The fraction of sp³-hybridized carbons (Fsp3) is 0.562. The molecule has 0 aromatic heterocycles. The van der Waals surface area contributed by atoms with Gasteiger partial charge in [-0.2, -0.15) is 0 Å². The Bertz CT molecular complexity index is 490. The van der Waals surface area contributed by atoms with Crippen molar-refractivity contribution in [3.8, 4) is 0 Å². The van der Waals surface area contributed by atoms with E-state index in [1.807, 2.05) is 25.1 Å². The molecular weight excluding hydrogens is 286 g/mol. The van der Waals surface area contributed by atoms with E-state index >= 15 is 0 Å². The third kappa shape index (κ3) is 4.99. The smallest absolute Gasteiger partial charge is 0.238 e. The van der Waals surface area contributed by atoms with Gasteiger partial charge in [-0.05, 0) is 62.9 Å². The second-order valence-electron chi connectivity index (χ2n) is 5.85. The SMILES string of the molecule is Cc1ccc(NC(=O)CN2CCCC(CCN)C2)c(Cl)c1. The number of carbonyl (C=O) groups is 1. The summed E-state index contributed by atoms with van der Waals surface area (Å²) in [6, 6.07) is 5.65. The quantitative estimate of drug-likeness (QED) is 0.879. The summed E-state index contributed by atoms with van der Waals surface area (Å²) in [7, 11) is 0. The van der Waals surface area contributed by atoms with Crippen molar-refractivity contribution in [2.75, 3.05) is 31.5 Å². The zero-order valence-electron chi connectivity index (χ0n) is 12.6. The summed E-state index contributed by atoms with van der Waals surface area (Å²) in [4.78, 5) is 14.4. The second-order valence-corrected chi connectivity index (χ2v) is 6.26. The first-order valence-electron chi connectivity index (χ1n) is 7.57. The lowest BCUT2D eigenvalue weighted by molar-refractivity contribution is -0.117. The van der Waals surface area contributed by atoms with E-state index in [1.165, 1.54) is 6.42 Å². The van der Waals surface area contributed by atoms with Gasteiger partial charge in [0.1, 0.15) is 0 Å². The van der Waals surface area contributed by atoms with Crippen molar-refractivity contribution < 1.29 is 4.79 Å². The lowest BCUT2D eigenvalue weighted by atomic mass is 9.95. The number of halogens is 1. The number of nitrogens with one attached hydrogen (secondary N) is 1. The number of nitrogens with two attached hydrogens (primary N) is 1. The summed E-state index contributed by atoms with van der Waals surface area (Å²) < 4.78 is 0. The Morgan fingerprint density at radius 3 is 3.05 bits per heavy atom. The lowest BCUT2D eigenvalue weighted by Gasteiger charge is -2.32. The molecule has 0 spiro atoms. The molecule has 1 fully saturated rings. The molecule has 0 saturated carbocycles. The zero-order valence-corrected chi connectivity index (χ0v) is 13.3. The van der Waals surface area contributed by atoms with Gasteiger partial charge < -0.3 is 11.1 Å². The molecule has 4 nitrogen and oxygen atoms in total. The molecule has 116 valence electrons. The Kier molecular flexibility index (Phi) is 6.03. The van der Waals surface area contributed by atoms with Gasteiger partial charge in [-0.15, -0.1) is 0 Å². The van der Waals surface area contributed by atoms with Crippen molar-refractivity contribution in [1.82, 2.24) is 4.90 Å². The van der Waals surface area contributed by atoms with Gasteiger partial charge in [0, 0.05) is 6.54 Å². The van der Waals surface area contributed by atoms with Crippen LogP contribution in [0.4, 0.5) is 5.69 Å². The largest absolute Gasteiger partial charge is 0.330 e. The molecule has 5 heteroatoms. The molecule has 2 rings (SSSR count). The highest BCUT2D eigenvalue weighted by Gasteiger charge is 2.21. The van der Waals surface area contributed by atoms with E-state index < -0.39 is 0 Å². The van der Waals surface area contributed by atoms with Crippen molar-refractivity contribution in [2.45, 2.75) is 26.2 Å². The minimum atomic E-state index is -0.00542. The minimum Gasteiger partial charge on any atom is -0.330 e. The maximum atomic E-state index is 12.1. The van der Waals surface area contributed by atoms with Crippen molar-refractivity contribution >= 4 is 23.2 Å². The Labute approximate surface area is 131 Å². The second kappa shape index (κ2) is 7.78. The molecule has 0 radical (unpaired) electrons. The lowest BCUT2D eigenvalue weighted by Crippen LogP contribution is -2.40. The van der Waals surface area contributed by atoms with Gasteiger partial charge in [0.2, 0.25) is 5.91 Å². The summed E-state index contributed by atoms with van der Waals surface area (Å²) >= 11 is 6.14. The van der Waals surface area contributed by atoms with Crippen LogP contribution in [0, 0.1) is 12.8 Å². The van der Waals surface area contributed by atoms with E-state index in [9.17, 15) is 4.79 Å². The Hall–Kier alpha value is -1.10. The molecule has 1 unspecified atom stereocenters. The zero-order chi connectivity index (χ0) is 15.2. The van der Waals surface area contributed by atoms with Crippen molar-refractivity contribution in [3.63, 3.8) is 0 Å². The Morgan fingerprint density at radius 1 is 1.52 bits per heavy atom. The van der Waals surface area contributed by atoms with Crippen LogP contribution in [-0.2, 0) is 4.79 Å². The first-order valence-corrected chi connectivity index (χ1v) is 7.94. The fourth-order valence-electron chi connectivity index (χ4n) is 2.88. The van der Waals surface area contributed by atoms with E-state index in [0.717, 1.165) is 38.0 Å². The highest BCUT2D eigenvalue weighted by Crippen LogP contribution is 2.23. The number of carbonyl (C=O) groups excluding carboxylic acids is 1. The molecule has 1 amide bonds. The predicted octanol–water partition coefficient (Wildman–Crippen LogP) is 2.65. The molecule has 1 aromatic rings. The number of nitrogens with zero attached hydrogens (tertiary/aromatic N) is 1. The number of aryl methyl sites for hydroxylation is 1. The topological polar surface area (TPSA) is 58.4 Å². The van der Waals surface area contributed by atoms with E-state index in [0.29, 0.717) is 23.2 Å². The predicted molar refractivity (Wildman–Crippen MR) is 87.7 cm³/mol. The third-order valence-electron chi connectivity index (χ3n) is 3.94. The van der Waals surface area contributed by atoms with E-state index in [-0.39, 0.29) is 5.91 Å². The average Bonchev–Trinajstić information content (AvgIpc) is 2.43. The van der Waals surface area contributed by atoms with Crippen LogP contribution in [0.25, 0.3) is 0 Å². The van der Waals surface area contributed by atoms with Crippen LogP contribution in [0.5, 0.6) is 0 Å². The summed E-state index contributed by atoms with van der Waals surface area (Å²) in [5, 5.41) is 3.48. The number of rotatable bonds is 5. The van der Waals surface area contributed by atoms with Crippen molar-refractivity contribution in [2.24, 2.45) is 11.7 Å². The molecule has 0 aliphatic carbocycles. The van der Waals surface area contributed by atoms with Crippen LogP contribution in [0.2, 0.25) is 5.02 Å². The van der Waals surface area contributed by atoms with Crippen molar-refractivity contribution in [3.05, 3.63) is 28.8 Å². The van der Waals surface area contributed by atoms with Crippen LogP contribution in [0.1, 0.15) is 24.8 Å². The van der Waals surface area contributed by atoms with Crippen LogP contribution in [-0.4, -0.2) is 37.0 Å². The average molecular weight is 310 g/mol. The van der Waals surface area contributed by atoms with E-state index in [4.69, 9.17) is 17.3 Å². The maximum Gasteiger partial charge on any atom is 0.238 e. The van der Waals surface area contributed by atoms with E-state index in [2.05, 4.69) is 10.2 Å². The first-order chi connectivity index (χ1) is 10.1. The molecule has 0 bridgehead atoms. The molecule has 1 atom stereocenters. The summed E-state index contributed by atoms with van der Waals surface area (Å²) in [6.07, 6.45) is 3.41. The van der Waals surface area contributed by atoms with Crippen LogP contribution in [0.15, 0.2) is 18.2 Å². The van der Waals surface area contributed by atoms with Crippen LogP contribution in [0.3, 0.4) is 0 Å². The standard InChI is InChI=1S/C16H24ClN3O/c1-12-4-5-15(14(17)9-12)19-16(21)11-20-8-2-3-13(10-20)6-7-18/h4-5,9,13H,2-3,6-8,10-11,18H2,1H3,(H,19,21). The third-order valence-corrected chi connectivity index (χ3v) is 4.26. The van der Waals surface area contributed by atoms with Gasteiger partial charge in [-0.3, -0.25) is 9.69 Å². The van der Waals surface area contributed by atoms with E-state index in [1.54, 1.807) is 0 Å². The number of benzene rings is 1. The van der Waals surface area contributed by atoms with Crippen molar-refractivity contribution in [1.29, 1.82) is 0 Å². The van der Waals surface area contributed by atoms with Gasteiger partial charge in [0.25, 0.3) is 0 Å². The number of hydrogen-bond donors (Lipinski definition) is 2. The van der Waals surface area contributed by atoms with Gasteiger partial charge in [0.05, 0.1) is 17.3 Å². The maximum absolute atomic E-state index is 12.1. The Morgan fingerprint density at radius 2 is 2.33 bits per heavy atom. The molecule has 1 aliphatic rings. The van der Waals surface area contributed by atoms with Crippen LogP contribution >= 0.6 is 11.6 Å². The molecule has 1 aromatic carbocycles. The first kappa shape index (κ1) is 16.3. The normalized spacial score (nSPS) is 19.5. The van der Waals surface area contributed by atoms with Crippen LogP contribution < -0.4 is 11.1 Å². The molecule has 21 heavy (non-hydrogen) atoms. The van der Waals surface area contributed by atoms with Gasteiger partial charge >= 0.3 is 0 Å². The number of piperidine rings is 1. The molecular formula is C16H24ClN3O. The monoisotopic (exact) mass is 309 g/mol. The molecule has 3 N–H and O–H groups in total. The number of hydrogen-bond acceptors (Lipinski definition) is 3. The Balaban J connectivity index is 1.86. The minimum absolute atomic E-state index is 0.00542. The molecule has 1 heterocycles. The molecule has 1 aliphatic heterocycles. The molecule has 1 saturated heterocycles. The fourth-order valence-corrected chi connectivity index (χ4v) is 3.16. The number of anilines is 1.